The zero-order valence-electron chi connectivity index (χ0n) is 17.1. The average Bonchev–Trinajstić information content (AvgIpc) is 3.16. The Morgan fingerprint density at radius 1 is 0.968 bits per heavy atom. The summed E-state index contributed by atoms with van der Waals surface area (Å²) in [6.45, 7) is 0.588. The van der Waals surface area contributed by atoms with Crippen LogP contribution in [0.3, 0.4) is 0 Å². The zero-order chi connectivity index (χ0) is 21.3. The van der Waals surface area contributed by atoms with Crippen LogP contribution in [0.4, 0.5) is 0 Å². The van der Waals surface area contributed by atoms with Crippen molar-refractivity contribution < 1.29 is 14.6 Å². The van der Waals surface area contributed by atoms with Crippen LogP contribution in [0, 0.1) is 0 Å². The van der Waals surface area contributed by atoms with E-state index in [1.54, 1.807) is 4.90 Å². The van der Waals surface area contributed by atoms with Crippen molar-refractivity contribution in [1.29, 1.82) is 0 Å². The molecule has 0 aromatic heterocycles. The molecule has 0 fully saturated rings. The molecule has 5 rings (SSSR count). The molecule has 0 unspecified atom stereocenters. The van der Waals surface area contributed by atoms with Crippen molar-refractivity contribution in [3.05, 3.63) is 107 Å². The number of rotatable bonds is 5. The Morgan fingerprint density at radius 3 is 2.39 bits per heavy atom. The molecule has 0 radical (unpaired) electrons. The van der Waals surface area contributed by atoms with Gasteiger partial charge in [0.25, 0.3) is 5.91 Å². The van der Waals surface area contributed by atoms with Gasteiger partial charge in [-0.25, -0.2) is 4.99 Å². The number of fused-ring (bicyclic) bond motifs is 3. The van der Waals surface area contributed by atoms with Crippen LogP contribution < -0.4 is 0 Å². The third kappa shape index (κ3) is 3.41. The zero-order valence-corrected chi connectivity index (χ0v) is 17.1. The summed E-state index contributed by atoms with van der Waals surface area (Å²) < 4.78 is 6.47. The van der Waals surface area contributed by atoms with Crippen molar-refractivity contribution in [3.8, 4) is 0 Å². The second-order valence-electron chi connectivity index (χ2n) is 8.02. The first-order valence-corrected chi connectivity index (χ1v) is 10.6. The monoisotopic (exact) mass is 412 g/mol. The number of nitrogens with zero attached hydrogens (tertiary/aromatic N) is 2. The molecule has 1 amide bonds. The number of carbonyl (C=O) groups excluding carboxylic acids is 1. The first-order valence-electron chi connectivity index (χ1n) is 10.6. The maximum atomic E-state index is 14.0. The van der Waals surface area contributed by atoms with Crippen LogP contribution in [0.2, 0.25) is 0 Å². The Hall–Kier alpha value is -3.44. The molecule has 3 aromatic carbocycles. The van der Waals surface area contributed by atoms with Gasteiger partial charge in [0.05, 0.1) is 6.61 Å². The molecular weight excluding hydrogens is 388 g/mol. The summed E-state index contributed by atoms with van der Waals surface area (Å²) in [5, 5.41) is 9.66. The Balaban J connectivity index is 1.70. The van der Waals surface area contributed by atoms with E-state index in [0.717, 1.165) is 22.3 Å². The van der Waals surface area contributed by atoms with E-state index in [1.807, 2.05) is 84.9 Å². The van der Waals surface area contributed by atoms with Crippen LogP contribution in [-0.4, -0.2) is 40.5 Å². The van der Waals surface area contributed by atoms with Gasteiger partial charge in [0.2, 0.25) is 5.90 Å². The maximum absolute atomic E-state index is 14.0. The van der Waals surface area contributed by atoms with E-state index in [9.17, 15) is 9.90 Å². The fourth-order valence-electron chi connectivity index (χ4n) is 4.57. The van der Waals surface area contributed by atoms with Crippen LogP contribution in [0.15, 0.2) is 89.9 Å². The van der Waals surface area contributed by atoms with E-state index in [4.69, 9.17) is 9.73 Å². The largest absolute Gasteiger partial charge is 0.466 e. The van der Waals surface area contributed by atoms with E-state index in [-0.39, 0.29) is 19.1 Å². The molecule has 2 atom stereocenters. The maximum Gasteiger partial charge on any atom is 0.255 e. The minimum absolute atomic E-state index is 0.101. The van der Waals surface area contributed by atoms with Crippen molar-refractivity contribution in [1.82, 2.24) is 4.90 Å². The molecule has 3 aromatic rings. The first kappa shape index (κ1) is 19.5. The number of aliphatic hydroxyl groups excluding tert-OH is 1. The van der Waals surface area contributed by atoms with Crippen LogP contribution in [0.1, 0.15) is 28.4 Å². The van der Waals surface area contributed by atoms with Gasteiger partial charge in [-0.15, -0.1) is 0 Å². The number of hydrogen-bond donors (Lipinski definition) is 1. The van der Waals surface area contributed by atoms with Crippen molar-refractivity contribution in [2.24, 2.45) is 4.99 Å². The number of benzene rings is 3. The molecule has 31 heavy (non-hydrogen) atoms. The SMILES string of the molecule is O=C1N(CCO)Cc2ccccc2[C@@H]2OC(c3ccccc3)=N[C@]12Cc1ccccc1. The lowest BCUT2D eigenvalue weighted by Gasteiger charge is -2.32. The van der Waals surface area contributed by atoms with Crippen LogP contribution in [0.25, 0.3) is 0 Å². The lowest BCUT2D eigenvalue weighted by Crippen LogP contribution is -2.50. The Morgan fingerprint density at radius 2 is 1.65 bits per heavy atom. The second kappa shape index (κ2) is 8.00. The number of β-amino-alcohol motifs (C(OH)–C–C–N with tert-alkyl or cyclic N) is 1. The molecule has 2 heterocycles. The van der Waals surface area contributed by atoms with Gasteiger partial charge in [-0.3, -0.25) is 4.79 Å². The number of aliphatic hydroxyl groups is 1. The molecule has 0 saturated heterocycles. The number of aliphatic imine (C=N–C) groups is 1. The van der Waals surface area contributed by atoms with E-state index in [2.05, 4.69) is 0 Å². The molecule has 0 bridgehead atoms. The van der Waals surface area contributed by atoms with Crippen molar-refractivity contribution in [2.45, 2.75) is 24.6 Å². The third-order valence-corrected chi connectivity index (χ3v) is 6.03. The van der Waals surface area contributed by atoms with Gasteiger partial charge >= 0.3 is 0 Å². The van der Waals surface area contributed by atoms with E-state index in [0.29, 0.717) is 18.9 Å². The molecule has 5 nitrogen and oxygen atoms in total. The molecule has 5 heteroatoms. The highest BCUT2D eigenvalue weighted by Gasteiger charge is 2.56. The summed E-state index contributed by atoms with van der Waals surface area (Å²) in [6.07, 6.45) is -0.112. The van der Waals surface area contributed by atoms with Crippen LogP contribution in [0.5, 0.6) is 0 Å². The predicted molar refractivity (Wildman–Crippen MR) is 119 cm³/mol. The van der Waals surface area contributed by atoms with E-state index in [1.165, 1.54) is 0 Å². The first-order chi connectivity index (χ1) is 15.2. The molecule has 0 aliphatic carbocycles. The van der Waals surface area contributed by atoms with Crippen LogP contribution in [-0.2, 0) is 22.5 Å². The van der Waals surface area contributed by atoms with Gasteiger partial charge in [-0.2, -0.15) is 0 Å². The van der Waals surface area contributed by atoms with Gasteiger partial charge in [0.1, 0.15) is 0 Å². The Kier molecular flexibility index (Phi) is 5.04. The highest BCUT2D eigenvalue weighted by Crippen LogP contribution is 2.46. The summed E-state index contributed by atoms with van der Waals surface area (Å²) in [6, 6.07) is 27.6. The van der Waals surface area contributed by atoms with Crippen molar-refractivity contribution >= 4 is 11.8 Å². The Bertz CT molecular complexity index is 1110. The minimum atomic E-state index is -1.13. The summed E-state index contributed by atoms with van der Waals surface area (Å²) in [5.74, 6) is 0.369. The topological polar surface area (TPSA) is 62.1 Å². The van der Waals surface area contributed by atoms with E-state index < -0.39 is 11.6 Å². The van der Waals surface area contributed by atoms with Gasteiger partial charge < -0.3 is 14.7 Å². The molecule has 2 aliphatic heterocycles. The lowest BCUT2D eigenvalue weighted by molar-refractivity contribution is -0.140. The molecule has 0 spiro atoms. The van der Waals surface area contributed by atoms with Crippen LogP contribution >= 0.6 is 0 Å². The normalized spacial score (nSPS) is 22.2. The highest BCUT2D eigenvalue weighted by molar-refractivity contribution is 6.01. The number of amides is 1. The molecular formula is C26H24N2O3. The average molecular weight is 412 g/mol. The van der Waals surface area contributed by atoms with Gasteiger partial charge in [-0.1, -0.05) is 72.8 Å². The van der Waals surface area contributed by atoms with Crippen molar-refractivity contribution in [2.75, 3.05) is 13.2 Å². The Labute approximate surface area is 181 Å². The number of ether oxygens (including phenoxy) is 1. The summed E-state index contributed by atoms with van der Waals surface area (Å²) in [4.78, 5) is 20.7. The number of carbonyl (C=O) groups is 1. The summed E-state index contributed by atoms with van der Waals surface area (Å²) in [5.41, 5.74) is 2.73. The molecule has 1 N–H and O–H groups in total. The van der Waals surface area contributed by atoms with Crippen molar-refractivity contribution in [3.63, 3.8) is 0 Å². The standard InChI is InChI=1S/C26H24N2O3/c29-16-15-28-18-21-13-7-8-14-22(21)23-26(25(28)30,17-19-9-3-1-4-10-19)27-24(31-23)20-11-5-2-6-12-20/h1-14,23,29H,15-18H2/t23-,26-/m0/s1. The fraction of sp³-hybridized carbons (Fsp3) is 0.231. The minimum Gasteiger partial charge on any atom is -0.466 e. The molecule has 156 valence electrons. The van der Waals surface area contributed by atoms with Gasteiger partial charge in [0, 0.05) is 30.6 Å². The van der Waals surface area contributed by atoms with Gasteiger partial charge in [0.15, 0.2) is 11.6 Å². The third-order valence-electron chi connectivity index (χ3n) is 6.03. The smallest absolute Gasteiger partial charge is 0.255 e. The number of hydrogen-bond acceptors (Lipinski definition) is 4. The fourth-order valence-corrected chi connectivity index (χ4v) is 4.57. The molecule has 0 saturated carbocycles. The quantitative estimate of drug-likeness (QED) is 0.698. The lowest BCUT2D eigenvalue weighted by atomic mass is 9.81. The highest BCUT2D eigenvalue weighted by atomic mass is 16.5. The van der Waals surface area contributed by atoms with E-state index >= 15 is 0 Å². The predicted octanol–water partition coefficient (Wildman–Crippen LogP) is 3.52. The van der Waals surface area contributed by atoms with Gasteiger partial charge in [-0.05, 0) is 23.3 Å². The second-order valence-corrected chi connectivity index (χ2v) is 8.02. The molecule has 2 aliphatic rings. The summed E-state index contributed by atoms with van der Waals surface area (Å²) in [7, 11) is 0. The summed E-state index contributed by atoms with van der Waals surface area (Å²) >= 11 is 0.